The summed E-state index contributed by atoms with van der Waals surface area (Å²) in [6, 6.07) is 8.21. The SMILES string of the molecule is C=C(c1ccc(C2=CC3C(=C(C(/C=C\N)=C(\F)C(C)C(C)(C)OC4CCCCC4)C=CN3C)O2)cc1)[C@H](C)CC. The predicted molar refractivity (Wildman–Crippen MR) is 164 cm³/mol. The molecule has 1 aliphatic carbocycles. The van der Waals surface area contributed by atoms with Gasteiger partial charge in [0.05, 0.1) is 11.7 Å². The Morgan fingerprint density at radius 1 is 1.20 bits per heavy atom. The standard InChI is InChI=1S/C35H47FN2O2/c1-8-23(2)24(3)26-14-16-27(17-15-26)32-22-31-34(39-32)30(19-21-38(31)7)29(18-20-37)33(36)25(4)35(5,6)40-28-12-10-9-11-13-28/h14-23,25,28,31H,3,8-13,37H2,1-2,4-7H3/b20-18-,33-29-/t23-,25?,31?/m1/s1. The summed E-state index contributed by atoms with van der Waals surface area (Å²) in [6.45, 7) is 14.5. The molecule has 1 aromatic carbocycles. The van der Waals surface area contributed by atoms with Crippen LogP contribution in [-0.4, -0.2) is 29.7 Å². The number of ether oxygens (including phenoxy) is 2. The quantitative estimate of drug-likeness (QED) is 0.298. The Labute approximate surface area is 240 Å². The van der Waals surface area contributed by atoms with Gasteiger partial charge in [0.15, 0.2) is 0 Å². The molecule has 0 amide bonds. The van der Waals surface area contributed by atoms with Gasteiger partial charge in [-0.25, -0.2) is 4.39 Å². The molecule has 3 aliphatic rings. The maximum Gasteiger partial charge on any atom is 0.139 e. The van der Waals surface area contributed by atoms with E-state index >= 15 is 4.39 Å². The zero-order valence-corrected chi connectivity index (χ0v) is 25.2. The minimum atomic E-state index is -0.666. The van der Waals surface area contributed by atoms with Crippen LogP contribution in [0.25, 0.3) is 11.3 Å². The highest BCUT2D eigenvalue weighted by atomic mass is 19.1. The van der Waals surface area contributed by atoms with E-state index < -0.39 is 11.5 Å². The summed E-state index contributed by atoms with van der Waals surface area (Å²) in [6.07, 6.45) is 15.9. The number of benzene rings is 1. The monoisotopic (exact) mass is 546 g/mol. The lowest BCUT2D eigenvalue weighted by atomic mass is 9.86. The van der Waals surface area contributed by atoms with Crippen LogP contribution in [0.15, 0.2) is 84.2 Å². The third kappa shape index (κ3) is 6.30. The van der Waals surface area contributed by atoms with E-state index in [1.165, 1.54) is 25.5 Å². The first-order valence-corrected chi connectivity index (χ1v) is 14.9. The maximum atomic E-state index is 16.4. The van der Waals surface area contributed by atoms with Crippen molar-refractivity contribution in [1.82, 2.24) is 4.90 Å². The average molecular weight is 547 g/mol. The van der Waals surface area contributed by atoms with Crippen molar-refractivity contribution in [3.63, 3.8) is 0 Å². The summed E-state index contributed by atoms with van der Waals surface area (Å²) in [5.41, 5.74) is 9.59. The number of nitrogens with zero attached hydrogens (tertiary/aromatic N) is 1. The molecule has 4 rings (SSSR count). The maximum absolute atomic E-state index is 16.4. The second-order valence-electron chi connectivity index (χ2n) is 12.1. The van der Waals surface area contributed by atoms with Crippen LogP contribution in [0.1, 0.15) is 84.3 Å². The van der Waals surface area contributed by atoms with Gasteiger partial charge in [0.25, 0.3) is 0 Å². The minimum absolute atomic E-state index is 0.138. The number of allylic oxidation sites excluding steroid dienone is 5. The molecule has 5 heteroatoms. The Morgan fingerprint density at radius 3 is 2.50 bits per heavy atom. The van der Waals surface area contributed by atoms with Crippen molar-refractivity contribution in [2.45, 2.75) is 90.9 Å². The van der Waals surface area contributed by atoms with Gasteiger partial charge in [-0.05, 0) is 74.6 Å². The molecule has 0 radical (unpaired) electrons. The van der Waals surface area contributed by atoms with Crippen molar-refractivity contribution in [2.24, 2.45) is 17.6 Å². The van der Waals surface area contributed by atoms with E-state index in [1.807, 2.05) is 40.1 Å². The van der Waals surface area contributed by atoms with Gasteiger partial charge in [0.1, 0.15) is 23.4 Å². The molecular weight excluding hydrogens is 499 g/mol. The molecule has 0 spiro atoms. The summed E-state index contributed by atoms with van der Waals surface area (Å²) < 4.78 is 29.4. The number of rotatable bonds is 10. The van der Waals surface area contributed by atoms with Gasteiger partial charge in [-0.1, -0.05) is 70.9 Å². The van der Waals surface area contributed by atoms with Crippen LogP contribution in [0.4, 0.5) is 4.39 Å². The molecule has 0 aromatic heterocycles. The molecule has 1 saturated carbocycles. The highest BCUT2D eigenvalue weighted by Crippen LogP contribution is 2.42. The first-order chi connectivity index (χ1) is 19.1. The fourth-order valence-electron chi connectivity index (χ4n) is 5.72. The lowest BCUT2D eigenvalue weighted by Crippen LogP contribution is -2.38. The molecule has 1 aromatic rings. The van der Waals surface area contributed by atoms with Crippen LogP contribution >= 0.6 is 0 Å². The van der Waals surface area contributed by atoms with E-state index in [1.54, 1.807) is 6.08 Å². The minimum Gasteiger partial charge on any atom is -0.458 e. The van der Waals surface area contributed by atoms with E-state index in [4.69, 9.17) is 15.2 Å². The number of likely N-dealkylation sites (N-methyl/N-ethyl adjacent to an activating group) is 1. The van der Waals surface area contributed by atoms with Gasteiger partial charge in [-0.2, -0.15) is 0 Å². The zero-order chi connectivity index (χ0) is 29.0. The Hall–Kier alpha value is -3.05. The number of fused-ring (bicyclic) bond motifs is 1. The first-order valence-electron chi connectivity index (χ1n) is 14.9. The van der Waals surface area contributed by atoms with Crippen LogP contribution < -0.4 is 5.73 Å². The molecule has 2 unspecified atom stereocenters. The fraction of sp³-hybridized carbons (Fsp3) is 0.486. The smallest absolute Gasteiger partial charge is 0.139 e. The van der Waals surface area contributed by atoms with Crippen molar-refractivity contribution < 1.29 is 13.9 Å². The van der Waals surface area contributed by atoms with E-state index in [0.717, 1.165) is 41.7 Å². The van der Waals surface area contributed by atoms with Crippen LogP contribution in [0.5, 0.6) is 0 Å². The van der Waals surface area contributed by atoms with Gasteiger partial charge in [-0.3, -0.25) is 0 Å². The van der Waals surface area contributed by atoms with Crippen molar-refractivity contribution >= 4 is 11.3 Å². The second kappa shape index (κ2) is 12.6. The number of hydrogen-bond donors (Lipinski definition) is 1. The van der Waals surface area contributed by atoms with Crippen LogP contribution in [0.2, 0.25) is 0 Å². The molecule has 0 bridgehead atoms. The summed E-state index contributed by atoms with van der Waals surface area (Å²) >= 11 is 0. The normalized spacial score (nSPS) is 22.1. The topological polar surface area (TPSA) is 47.7 Å². The Bertz CT molecular complexity index is 1230. The molecule has 216 valence electrons. The van der Waals surface area contributed by atoms with Crippen molar-refractivity contribution in [2.75, 3.05) is 7.05 Å². The largest absolute Gasteiger partial charge is 0.458 e. The molecule has 0 saturated heterocycles. The van der Waals surface area contributed by atoms with Gasteiger partial charge in [0, 0.05) is 35.9 Å². The van der Waals surface area contributed by atoms with E-state index in [2.05, 4.69) is 55.7 Å². The molecule has 2 heterocycles. The average Bonchev–Trinajstić information content (AvgIpc) is 3.42. The van der Waals surface area contributed by atoms with Crippen LogP contribution in [0.3, 0.4) is 0 Å². The van der Waals surface area contributed by atoms with Gasteiger partial charge >= 0.3 is 0 Å². The highest BCUT2D eigenvalue weighted by Gasteiger charge is 2.37. The summed E-state index contributed by atoms with van der Waals surface area (Å²) in [5, 5.41) is 0. The van der Waals surface area contributed by atoms with Crippen molar-refractivity contribution in [1.29, 1.82) is 0 Å². The molecule has 1 fully saturated rings. The molecule has 2 N–H and O–H groups in total. The lowest BCUT2D eigenvalue weighted by Gasteiger charge is -2.37. The number of hydrogen-bond acceptors (Lipinski definition) is 4. The van der Waals surface area contributed by atoms with Crippen LogP contribution in [-0.2, 0) is 9.47 Å². The second-order valence-corrected chi connectivity index (χ2v) is 12.1. The lowest BCUT2D eigenvalue weighted by molar-refractivity contribution is -0.108. The third-order valence-corrected chi connectivity index (χ3v) is 8.98. The zero-order valence-electron chi connectivity index (χ0n) is 25.2. The molecular formula is C35H47FN2O2. The summed E-state index contributed by atoms with van der Waals surface area (Å²) in [7, 11) is 2.00. The summed E-state index contributed by atoms with van der Waals surface area (Å²) in [5.74, 6) is 1.18. The molecule has 2 aliphatic heterocycles. The molecule has 40 heavy (non-hydrogen) atoms. The Kier molecular flexibility index (Phi) is 9.45. The predicted octanol–water partition coefficient (Wildman–Crippen LogP) is 8.66. The van der Waals surface area contributed by atoms with Gasteiger partial charge in [0.2, 0.25) is 0 Å². The molecule has 4 nitrogen and oxygen atoms in total. The first kappa shape index (κ1) is 29.9. The van der Waals surface area contributed by atoms with Crippen LogP contribution in [0, 0.1) is 11.8 Å². The molecule has 3 atom stereocenters. The number of nitrogens with two attached hydrogens (primary N) is 1. The Morgan fingerprint density at radius 2 is 1.88 bits per heavy atom. The van der Waals surface area contributed by atoms with E-state index in [0.29, 0.717) is 22.8 Å². The fourth-order valence-corrected chi connectivity index (χ4v) is 5.72. The highest BCUT2D eigenvalue weighted by molar-refractivity contribution is 5.71. The number of halogens is 1. The Balaban J connectivity index is 1.64. The van der Waals surface area contributed by atoms with E-state index in [9.17, 15) is 0 Å². The van der Waals surface area contributed by atoms with Crippen molar-refractivity contribution in [3.05, 3.63) is 95.3 Å². The van der Waals surface area contributed by atoms with Crippen molar-refractivity contribution in [3.8, 4) is 0 Å². The summed E-state index contributed by atoms with van der Waals surface area (Å²) in [4.78, 5) is 2.08. The van der Waals surface area contributed by atoms with Gasteiger partial charge in [-0.15, -0.1) is 0 Å². The van der Waals surface area contributed by atoms with Gasteiger partial charge < -0.3 is 20.1 Å². The third-order valence-electron chi connectivity index (χ3n) is 8.98. The van der Waals surface area contributed by atoms with E-state index in [-0.39, 0.29) is 18.0 Å².